The zero-order valence-corrected chi connectivity index (χ0v) is 7.79. The Bertz CT molecular complexity index is 153. The van der Waals surface area contributed by atoms with Gasteiger partial charge in [-0.25, -0.2) is 0 Å². The summed E-state index contributed by atoms with van der Waals surface area (Å²) in [5.74, 6) is -3.98. The molecule has 0 aliphatic rings. The third-order valence-electron chi connectivity index (χ3n) is 1.63. The van der Waals surface area contributed by atoms with Crippen LogP contribution in [0.25, 0.3) is 0 Å². The second-order valence-electron chi connectivity index (χ2n) is 3.14. The first-order valence-electron chi connectivity index (χ1n) is 4.14. The zero-order chi connectivity index (χ0) is 9.78. The van der Waals surface area contributed by atoms with Gasteiger partial charge in [0.1, 0.15) is 0 Å². The topological polar surface area (TPSA) is 17.1 Å². The van der Waals surface area contributed by atoms with E-state index in [-0.39, 0.29) is 12.3 Å². The number of ketones is 1. The Hall–Kier alpha value is -0.470. The predicted molar refractivity (Wildman–Crippen MR) is 44.1 cm³/mol. The minimum absolute atomic E-state index is 0.177. The van der Waals surface area contributed by atoms with Gasteiger partial charge in [0.15, 0.2) is 0 Å². The van der Waals surface area contributed by atoms with Gasteiger partial charge in [-0.3, -0.25) is 4.79 Å². The number of unbranched alkanes of at least 4 members (excludes halogenated alkanes) is 1. The predicted octanol–water partition coefficient (Wildman–Crippen LogP) is 3.00. The summed E-state index contributed by atoms with van der Waals surface area (Å²) in [7, 11) is 0. The molecule has 0 unspecified atom stereocenters. The van der Waals surface area contributed by atoms with E-state index >= 15 is 0 Å². The smallest absolute Gasteiger partial charge is 0.292 e. The van der Waals surface area contributed by atoms with Gasteiger partial charge in [-0.05, 0) is 6.42 Å². The second-order valence-corrected chi connectivity index (χ2v) is 3.14. The van der Waals surface area contributed by atoms with Crippen LogP contribution in [0.3, 0.4) is 0 Å². The lowest BCUT2D eigenvalue weighted by molar-refractivity contribution is -0.141. The lowest BCUT2D eigenvalue weighted by Crippen LogP contribution is -2.31. The fraction of sp³-hybridized carbons (Fsp3) is 0.778. The van der Waals surface area contributed by atoms with E-state index in [0.717, 1.165) is 0 Å². The molecular weight excluding hydrogens is 162 g/mol. The molecule has 0 spiro atoms. The van der Waals surface area contributed by atoms with Crippen LogP contribution in [-0.2, 0) is 4.79 Å². The summed E-state index contributed by atoms with van der Waals surface area (Å²) in [5.41, 5.74) is 0. The third-order valence-corrected chi connectivity index (χ3v) is 1.63. The highest BCUT2D eigenvalue weighted by Crippen LogP contribution is 2.26. The summed E-state index contributed by atoms with van der Waals surface area (Å²) < 4.78 is 25.8. The van der Waals surface area contributed by atoms with E-state index < -0.39 is 11.7 Å². The number of hydrogen-bond acceptors (Lipinski definition) is 1. The molecule has 0 aliphatic heterocycles. The van der Waals surface area contributed by atoms with Crippen LogP contribution in [0.4, 0.5) is 8.78 Å². The lowest BCUT2D eigenvalue weighted by atomic mass is 9.99. The van der Waals surface area contributed by atoms with E-state index in [1.165, 1.54) is 13.8 Å². The maximum absolute atomic E-state index is 12.9. The van der Waals surface area contributed by atoms with Crippen molar-refractivity contribution in [3.8, 4) is 0 Å². The average molecular weight is 177 g/mol. The third kappa shape index (κ3) is 3.28. The molecule has 1 nitrogen and oxygen atoms in total. The quantitative estimate of drug-likeness (QED) is 0.631. The monoisotopic (exact) mass is 177 g/mol. The molecule has 0 aromatic carbocycles. The van der Waals surface area contributed by atoms with Gasteiger partial charge in [-0.1, -0.05) is 27.2 Å². The largest absolute Gasteiger partial charge is 0.305 e. The van der Waals surface area contributed by atoms with Crippen molar-refractivity contribution >= 4 is 5.78 Å². The number of Topliss-reactive ketones (excluding diaryl/α,β-unsaturated/α-hetero) is 1. The van der Waals surface area contributed by atoms with E-state index in [1.54, 1.807) is 0 Å². The highest BCUT2D eigenvalue weighted by atomic mass is 19.3. The van der Waals surface area contributed by atoms with E-state index in [0.29, 0.717) is 12.8 Å². The molecule has 3 heteroatoms. The molecule has 0 aromatic rings. The molecule has 71 valence electrons. The Labute approximate surface area is 72.2 Å². The summed E-state index contributed by atoms with van der Waals surface area (Å²) in [6.07, 6.45) is 0.755. The van der Waals surface area contributed by atoms with Crippen molar-refractivity contribution in [2.45, 2.75) is 46.0 Å². The molecule has 0 aromatic heterocycles. The van der Waals surface area contributed by atoms with Crippen molar-refractivity contribution in [3.05, 3.63) is 5.92 Å². The van der Waals surface area contributed by atoms with E-state index in [1.807, 2.05) is 6.92 Å². The number of halogens is 2. The highest BCUT2D eigenvalue weighted by Gasteiger charge is 2.38. The van der Waals surface area contributed by atoms with Crippen LogP contribution in [-0.4, -0.2) is 11.7 Å². The Morgan fingerprint density at radius 3 is 2.17 bits per heavy atom. The van der Waals surface area contributed by atoms with Crippen LogP contribution in [0.2, 0.25) is 0 Å². The Kier molecular flexibility index (Phi) is 4.35. The Morgan fingerprint density at radius 1 is 1.33 bits per heavy atom. The molecule has 0 aliphatic carbocycles. The maximum Gasteiger partial charge on any atom is 0.305 e. The lowest BCUT2D eigenvalue weighted by Gasteiger charge is -2.15. The van der Waals surface area contributed by atoms with Crippen LogP contribution in [0.1, 0.15) is 40.0 Å². The van der Waals surface area contributed by atoms with Crippen molar-refractivity contribution < 1.29 is 13.6 Å². The normalized spacial score (nSPS) is 12.2. The van der Waals surface area contributed by atoms with Crippen LogP contribution in [0.15, 0.2) is 0 Å². The molecule has 0 N–H and O–H groups in total. The highest BCUT2D eigenvalue weighted by molar-refractivity contribution is 5.96. The van der Waals surface area contributed by atoms with Crippen LogP contribution in [0, 0.1) is 5.92 Å². The first-order chi connectivity index (χ1) is 5.41. The van der Waals surface area contributed by atoms with Gasteiger partial charge < -0.3 is 0 Å². The standard InChI is InChI=1S/C9H15F2O/c1-4-5-6-9(10,11)8(12)7(2)3/h4-6H2,1-3H3. The number of carbonyl (C=O) groups is 1. The Morgan fingerprint density at radius 2 is 1.83 bits per heavy atom. The van der Waals surface area contributed by atoms with Gasteiger partial charge in [0.05, 0.1) is 0 Å². The summed E-state index contributed by atoms with van der Waals surface area (Å²) in [5, 5.41) is 0. The van der Waals surface area contributed by atoms with Crippen LogP contribution < -0.4 is 0 Å². The van der Waals surface area contributed by atoms with Crippen molar-refractivity contribution in [3.63, 3.8) is 0 Å². The summed E-state index contributed by atoms with van der Waals surface area (Å²) >= 11 is 0. The van der Waals surface area contributed by atoms with Gasteiger partial charge in [0.25, 0.3) is 0 Å². The molecule has 0 fully saturated rings. The molecule has 0 amide bonds. The molecular formula is C9H15F2O. The maximum atomic E-state index is 12.9. The fourth-order valence-electron chi connectivity index (χ4n) is 0.878. The summed E-state index contributed by atoms with van der Waals surface area (Å²) in [6, 6.07) is 0. The molecule has 0 rings (SSSR count). The SMILES string of the molecule is CCCCC(F)(F)C(=O)[C](C)C. The van der Waals surface area contributed by atoms with Gasteiger partial charge >= 0.3 is 5.92 Å². The summed E-state index contributed by atoms with van der Waals surface area (Å²) in [4.78, 5) is 10.9. The van der Waals surface area contributed by atoms with Gasteiger partial charge in [-0.15, -0.1) is 0 Å². The van der Waals surface area contributed by atoms with Crippen LogP contribution in [0.5, 0.6) is 0 Å². The van der Waals surface area contributed by atoms with Crippen molar-refractivity contribution in [2.24, 2.45) is 0 Å². The summed E-state index contributed by atoms with van der Waals surface area (Å²) in [6.45, 7) is 4.66. The minimum atomic E-state index is -3.14. The molecule has 0 atom stereocenters. The van der Waals surface area contributed by atoms with Gasteiger partial charge in [0, 0.05) is 12.3 Å². The number of alkyl halides is 2. The fourth-order valence-corrected chi connectivity index (χ4v) is 0.878. The van der Waals surface area contributed by atoms with E-state index in [9.17, 15) is 13.6 Å². The van der Waals surface area contributed by atoms with Crippen molar-refractivity contribution in [1.82, 2.24) is 0 Å². The molecule has 0 bridgehead atoms. The van der Waals surface area contributed by atoms with E-state index in [4.69, 9.17) is 0 Å². The Balaban J connectivity index is 4.09. The number of carbonyl (C=O) groups excluding carboxylic acids is 1. The van der Waals surface area contributed by atoms with Gasteiger partial charge in [-0.2, -0.15) is 8.78 Å². The number of hydrogen-bond donors (Lipinski definition) is 0. The van der Waals surface area contributed by atoms with Crippen LogP contribution >= 0.6 is 0 Å². The minimum Gasteiger partial charge on any atom is -0.292 e. The molecule has 0 saturated carbocycles. The first-order valence-corrected chi connectivity index (χ1v) is 4.14. The molecule has 0 saturated heterocycles. The van der Waals surface area contributed by atoms with Gasteiger partial charge in [0.2, 0.25) is 5.78 Å². The second kappa shape index (κ2) is 4.53. The van der Waals surface area contributed by atoms with Crippen molar-refractivity contribution in [1.29, 1.82) is 0 Å². The zero-order valence-electron chi connectivity index (χ0n) is 7.79. The first kappa shape index (κ1) is 11.5. The van der Waals surface area contributed by atoms with E-state index in [2.05, 4.69) is 0 Å². The average Bonchev–Trinajstić information content (AvgIpc) is 1.99. The molecule has 12 heavy (non-hydrogen) atoms. The van der Waals surface area contributed by atoms with Crippen molar-refractivity contribution in [2.75, 3.05) is 0 Å². The number of rotatable bonds is 5. The molecule has 1 radical (unpaired) electrons. The molecule has 0 heterocycles.